The summed E-state index contributed by atoms with van der Waals surface area (Å²) >= 11 is 0. The summed E-state index contributed by atoms with van der Waals surface area (Å²) in [5, 5.41) is 10.1. The van der Waals surface area contributed by atoms with Gasteiger partial charge in [-0.15, -0.1) is 0 Å². The minimum Gasteiger partial charge on any atom is -0.389 e. The highest BCUT2D eigenvalue weighted by molar-refractivity contribution is 6.48. The van der Waals surface area contributed by atoms with E-state index in [4.69, 9.17) is 4.43 Å². The van der Waals surface area contributed by atoms with Crippen molar-refractivity contribution >= 4 is 9.04 Å². The zero-order valence-electron chi connectivity index (χ0n) is 13.1. The smallest absolute Gasteiger partial charge is 0.208 e. The Labute approximate surface area is 119 Å². The molecule has 0 saturated carbocycles. The zero-order valence-corrected chi connectivity index (χ0v) is 14.1. The van der Waals surface area contributed by atoms with Crippen LogP contribution in [0, 0.1) is 0 Å². The largest absolute Gasteiger partial charge is 0.389 e. The molecule has 0 aliphatic heterocycles. The molecule has 1 aromatic rings. The third-order valence-electron chi connectivity index (χ3n) is 3.09. The second-order valence-corrected chi connectivity index (χ2v) is 8.35. The van der Waals surface area contributed by atoms with Crippen molar-refractivity contribution in [1.82, 2.24) is 0 Å². The molecule has 1 unspecified atom stereocenters. The van der Waals surface area contributed by atoms with E-state index in [-0.39, 0.29) is 5.41 Å². The summed E-state index contributed by atoms with van der Waals surface area (Å²) in [6, 6.07) is 6.25. The number of benzene rings is 1. The van der Waals surface area contributed by atoms with E-state index in [2.05, 4.69) is 39.8 Å². The molecule has 0 spiro atoms. The third kappa shape index (κ3) is 4.75. The van der Waals surface area contributed by atoms with Gasteiger partial charge >= 0.3 is 0 Å². The van der Waals surface area contributed by atoms with Crippen molar-refractivity contribution in [3.05, 3.63) is 34.9 Å². The van der Waals surface area contributed by atoms with E-state index in [0.717, 1.165) is 18.4 Å². The molecule has 0 fully saturated rings. The van der Waals surface area contributed by atoms with Crippen LogP contribution in [0.4, 0.5) is 0 Å². The molecule has 0 heterocycles. The Morgan fingerprint density at radius 2 is 1.89 bits per heavy atom. The van der Waals surface area contributed by atoms with Crippen LogP contribution >= 0.6 is 0 Å². The summed E-state index contributed by atoms with van der Waals surface area (Å²) in [6.45, 7) is 12.9. The Bertz CT molecular complexity index is 408. The molecule has 19 heavy (non-hydrogen) atoms. The van der Waals surface area contributed by atoms with Crippen molar-refractivity contribution in [2.75, 3.05) is 0 Å². The van der Waals surface area contributed by atoms with Crippen molar-refractivity contribution in [2.45, 2.75) is 65.3 Å². The SMILES string of the molecule is CCCc1cc(C(O)O[Si](C)C)ccc1C(C)(C)C. The molecule has 1 atom stereocenters. The fraction of sp³-hybridized carbons (Fsp3) is 0.625. The van der Waals surface area contributed by atoms with Gasteiger partial charge in [0.05, 0.1) is 0 Å². The Kier molecular flexibility index (Phi) is 5.77. The normalized spacial score (nSPS) is 13.9. The molecule has 0 amide bonds. The Balaban J connectivity index is 3.08. The molecule has 3 heteroatoms. The van der Waals surface area contributed by atoms with E-state index in [1.807, 2.05) is 19.2 Å². The molecular weight excluding hydrogens is 252 g/mol. The maximum Gasteiger partial charge on any atom is 0.208 e. The van der Waals surface area contributed by atoms with E-state index in [0.29, 0.717) is 0 Å². The number of hydrogen-bond donors (Lipinski definition) is 1. The fourth-order valence-corrected chi connectivity index (χ4v) is 2.85. The molecular formula is C16H27O2Si. The maximum atomic E-state index is 10.1. The minimum atomic E-state index is -0.894. The number of rotatable bonds is 5. The Hall–Kier alpha value is -0.643. The minimum absolute atomic E-state index is 0.138. The first kappa shape index (κ1) is 16.4. The van der Waals surface area contributed by atoms with Crippen LogP contribution in [0.5, 0.6) is 0 Å². The van der Waals surface area contributed by atoms with Crippen LogP contribution < -0.4 is 0 Å². The van der Waals surface area contributed by atoms with Gasteiger partial charge in [0.15, 0.2) is 6.29 Å². The van der Waals surface area contributed by atoms with Crippen molar-refractivity contribution < 1.29 is 9.53 Å². The lowest BCUT2D eigenvalue weighted by Crippen LogP contribution is -2.17. The molecule has 1 rings (SSSR count). The lowest BCUT2D eigenvalue weighted by Gasteiger charge is -2.25. The lowest BCUT2D eigenvalue weighted by molar-refractivity contribution is -0.0212. The van der Waals surface area contributed by atoms with Gasteiger partial charge < -0.3 is 9.53 Å². The maximum absolute atomic E-state index is 10.1. The van der Waals surface area contributed by atoms with E-state index in [1.165, 1.54) is 11.1 Å². The van der Waals surface area contributed by atoms with Gasteiger partial charge in [-0.1, -0.05) is 52.3 Å². The highest BCUT2D eigenvalue weighted by Crippen LogP contribution is 2.29. The first-order chi connectivity index (χ1) is 8.75. The summed E-state index contributed by atoms with van der Waals surface area (Å²) in [7, 11) is -0.894. The van der Waals surface area contributed by atoms with Gasteiger partial charge in [0.25, 0.3) is 0 Å². The fourth-order valence-electron chi connectivity index (χ4n) is 2.27. The number of aliphatic hydroxyl groups excluding tert-OH is 1. The van der Waals surface area contributed by atoms with E-state index >= 15 is 0 Å². The standard InChI is InChI=1S/C16H27O2Si/c1-7-8-12-11-13(15(17)18-19(5)6)9-10-14(12)16(2,3)4/h9-11,15,17H,7-8H2,1-6H3. The van der Waals surface area contributed by atoms with Crippen LogP contribution in [0.25, 0.3) is 0 Å². The first-order valence-corrected chi connectivity index (χ1v) is 9.44. The van der Waals surface area contributed by atoms with Crippen LogP contribution in [-0.2, 0) is 16.3 Å². The van der Waals surface area contributed by atoms with Crippen molar-refractivity contribution in [1.29, 1.82) is 0 Å². The second kappa shape index (κ2) is 6.68. The van der Waals surface area contributed by atoms with E-state index in [9.17, 15) is 5.11 Å². The van der Waals surface area contributed by atoms with E-state index < -0.39 is 15.3 Å². The van der Waals surface area contributed by atoms with E-state index in [1.54, 1.807) is 0 Å². The second-order valence-electron chi connectivity index (χ2n) is 6.30. The summed E-state index contributed by atoms with van der Waals surface area (Å²) in [6.07, 6.45) is 1.37. The molecule has 1 aromatic carbocycles. The predicted octanol–water partition coefficient (Wildman–Crippen LogP) is 4.20. The summed E-state index contributed by atoms with van der Waals surface area (Å²) < 4.78 is 5.55. The quantitative estimate of drug-likeness (QED) is 0.647. The van der Waals surface area contributed by atoms with Gasteiger partial charge in [0.2, 0.25) is 9.04 Å². The van der Waals surface area contributed by atoms with Crippen LogP contribution in [0.2, 0.25) is 13.1 Å². The van der Waals surface area contributed by atoms with Gasteiger partial charge in [0, 0.05) is 5.56 Å². The highest BCUT2D eigenvalue weighted by Gasteiger charge is 2.19. The van der Waals surface area contributed by atoms with Gasteiger partial charge in [-0.3, -0.25) is 0 Å². The molecule has 2 nitrogen and oxygen atoms in total. The molecule has 1 N–H and O–H groups in total. The van der Waals surface area contributed by atoms with Crippen LogP contribution in [0.1, 0.15) is 57.1 Å². The highest BCUT2D eigenvalue weighted by atomic mass is 28.3. The lowest BCUT2D eigenvalue weighted by atomic mass is 9.82. The topological polar surface area (TPSA) is 29.5 Å². The number of aryl methyl sites for hydroxylation is 1. The van der Waals surface area contributed by atoms with Crippen LogP contribution in [0.15, 0.2) is 18.2 Å². The average Bonchev–Trinajstić information content (AvgIpc) is 2.27. The van der Waals surface area contributed by atoms with Crippen LogP contribution in [0.3, 0.4) is 0 Å². The number of aliphatic hydroxyl groups is 1. The number of hydrogen-bond acceptors (Lipinski definition) is 2. The molecule has 0 bridgehead atoms. The summed E-state index contributed by atoms with van der Waals surface area (Å²) in [5.74, 6) is 0. The molecule has 0 aliphatic rings. The average molecular weight is 279 g/mol. The predicted molar refractivity (Wildman–Crippen MR) is 82.7 cm³/mol. The zero-order chi connectivity index (χ0) is 14.6. The van der Waals surface area contributed by atoms with Gasteiger partial charge in [-0.2, -0.15) is 0 Å². The van der Waals surface area contributed by atoms with Gasteiger partial charge in [-0.05, 0) is 36.1 Å². The summed E-state index contributed by atoms with van der Waals surface area (Å²) in [4.78, 5) is 0. The van der Waals surface area contributed by atoms with Crippen LogP contribution in [-0.4, -0.2) is 14.1 Å². The van der Waals surface area contributed by atoms with Crippen molar-refractivity contribution in [3.8, 4) is 0 Å². The Morgan fingerprint density at radius 1 is 1.26 bits per heavy atom. The van der Waals surface area contributed by atoms with Gasteiger partial charge in [0.1, 0.15) is 0 Å². The molecule has 0 saturated heterocycles. The third-order valence-corrected chi connectivity index (χ3v) is 3.78. The Morgan fingerprint density at radius 3 is 2.37 bits per heavy atom. The molecule has 107 valence electrons. The molecule has 1 radical (unpaired) electrons. The van der Waals surface area contributed by atoms with Crippen molar-refractivity contribution in [3.63, 3.8) is 0 Å². The monoisotopic (exact) mass is 279 g/mol. The summed E-state index contributed by atoms with van der Waals surface area (Å²) in [5.41, 5.74) is 3.71. The first-order valence-electron chi connectivity index (χ1n) is 7.04. The van der Waals surface area contributed by atoms with Gasteiger partial charge in [-0.25, -0.2) is 0 Å². The van der Waals surface area contributed by atoms with Crippen molar-refractivity contribution in [2.24, 2.45) is 0 Å². The molecule has 0 aliphatic carbocycles. The molecule has 0 aromatic heterocycles.